The van der Waals surface area contributed by atoms with E-state index in [2.05, 4.69) is 10.6 Å². The zero-order valence-corrected chi connectivity index (χ0v) is 14.1. The quantitative estimate of drug-likeness (QED) is 0.842. The van der Waals surface area contributed by atoms with Gasteiger partial charge in [0.15, 0.2) is 0 Å². The first-order valence-corrected chi connectivity index (χ1v) is 8.14. The van der Waals surface area contributed by atoms with Crippen molar-refractivity contribution in [1.29, 1.82) is 0 Å². The van der Waals surface area contributed by atoms with Gasteiger partial charge in [-0.25, -0.2) is 4.79 Å². The zero-order chi connectivity index (χ0) is 16.0. The van der Waals surface area contributed by atoms with Crippen LogP contribution in [0.25, 0.3) is 0 Å². The fourth-order valence-electron chi connectivity index (χ4n) is 2.00. The van der Waals surface area contributed by atoms with Crippen LogP contribution in [0.4, 0.5) is 4.79 Å². The number of hydrogen-bond donors (Lipinski definition) is 2. The van der Waals surface area contributed by atoms with Crippen molar-refractivity contribution in [1.82, 2.24) is 10.6 Å². The summed E-state index contributed by atoms with van der Waals surface area (Å²) in [6.07, 6.45) is 0. The number of methoxy groups -OCH3 is 1. The van der Waals surface area contributed by atoms with E-state index in [1.54, 1.807) is 18.4 Å². The van der Waals surface area contributed by atoms with E-state index in [0.29, 0.717) is 18.1 Å². The molecule has 0 aliphatic heterocycles. The van der Waals surface area contributed by atoms with Gasteiger partial charge < -0.3 is 15.4 Å². The van der Waals surface area contributed by atoms with Gasteiger partial charge in [0, 0.05) is 17.0 Å². The molecule has 0 spiro atoms. The molecule has 4 nitrogen and oxygen atoms in total. The number of ether oxygens (including phenoxy) is 1. The Balaban J connectivity index is 1.91. The number of hydrogen-bond acceptors (Lipinski definition) is 3. The molecule has 0 saturated heterocycles. The SMILES string of the molecule is CO[C@](C)(CNC(=O)NCc1cccs1)c1cccc(Cl)c1. The van der Waals surface area contributed by atoms with Crippen LogP contribution in [0.2, 0.25) is 5.02 Å². The van der Waals surface area contributed by atoms with Crippen LogP contribution in [-0.2, 0) is 16.9 Å². The fourth-order valence-corrected chi connectivity index (χ4v) is 2.84. The highest BCUT2D eigenvalue weighted by molar-refractivity contribution is 7.09. The Hall–Kier alpha value is -1.56. The molecule has 1 heterocycles. The standard InChI is InChI=1S/C16H19ClN2O2S/c1-16(21-2,12-5-3-6-13(17)9-12)11-19-15(20)18-10-14-7-4-8-22-14/h3-9H,10-11H2,1-2H3,(H2,18,19,20)/t16-/m1/s1. The van der Waals surface area contributed by atoms with Gasteiger partial charge in [0.2, 0.25) is 0 Å². The second kappa shape index (κ2) is 7.63. The molecule has 0 bridgehead atoms. The van der Waals surface area contributed by atoms with Gasteiger partial charge in [-0.15, -0.1) is 11.3 Å². The van der Waals surface area contributed by atoms with Gasteiger partial charge in [-0.2, -0.15) is 0 Å². The van der Waals surface area contributed by atoms with Gasteiger partial charge in [-0.3, -0.25) is 0 Å². The van der Waals surface area contributed by atoms with Gasteiger partial charge in [0.1, 0.15) is 5.60 Å². The molecule has 0 aliphatic carbocycles. The van der Waals surface area contributed by atoms with Crippen molar-refractivity contribution in [2.45, 2.75) is 19.1 Å². The van der Waals surface area contributed by atoms with Crippen molar-refractivity contribution in [2.75, 3.05) is 13.7 Å². The zero-order valence-electron chi connectivity index (χ0n) is 12.6. The number of amides is 2. The van der Waals surface area contributed by atoms with Gasteiger partial charge in [-0.05, 0) is 36.1 Å². The number of rotatable bonds is 6. The summed E-state index contributed by atoms with van der Waals surface area (Å²) in [5.41, 5.74) is 0.284. The van der Waals surface area contributed by atoms with Crippen LogP contribution >= 0.6 is 22.9 Å². The highest BCUT2D eigenvalue weighted by Crippen LogP contribution is 2.26. The Bertz CT molecular complexity index is 618. The maximum Gasteiger partial charge on any atom is 0.315 e. The molecule has 0 aliphatic rings. The number of halogens is 1. The molecular formula is C16H19ClN2O2S. The normalized spacial score (nSPS) is 13.4. The maximum absolute atomic E-state index is 11.9. The highest BCUT2D eigenvalue weighted by Gasteiger charge is 2.27. The Morgan fingerprint density at radius 2 is 2.14 bits per heavy atom. The molecule has 1 atom stereocenters. The molecular weight excluding hydrogens is 320 g/mol. The van der Waals surface area contributed by atoms with E-state index in [1.165, 1.54) is 0 Å². The van der Waals surface area contributed by atoms with Crippen LogP contribution in [0, 0.1) is 0 Å². The summed E-state index contributed by atoms with van der Waals surface area (Å²) in [6, 6.07) is 11.2. The van der Waals surface area contributed by atoms with Gasteiger partial charge in [0.05, 0.1) is 13.1 Å². The summed E-state index contributed by atoms with van der Waals surface area (Å²) in [6.45, 7) is 2.78. The molecule has 1 aromatic heterocycles. The number of carbonyl (C=O) groups excluding carboxylic acids is 1. The molecule has 0 fully saturated rings. The lowest BCUT2D eigenvalue weighted by Gasteiger charge is -2.29. The third kappa shape index (κ3) is 4.47. The highest BCUT2D eigenvalue weighted by atomic mass is 35.5. The molecule has 2 N–H and O–H groups in total. The van der Waals surface area contributed by atoms with Crippen LogP contribution in [-0.4, -0.2) is 19.7 Å². The van der Waals surface area contributed by atoms with Crippen molar-refractivity contribution < 1.29 is 9.53 Å². The van der Waals surface area contributed by atoms with Gasteiger partial charge in [0.25, 0.3) is 0 Å². The van der Waals surface area contributed by atoms with Crippen molar-refractivity contribution in [3.63, 3.8) is 0 Å². The average Bonchev–Trinajstić information content (AvgIpc) is 3.04. The Morgan fingerprint density at radius 1 is 1.32 bits per heavy atom. The maximum atomic E-state index is 11.9. The molecule has 22 heavy (non-hydrogen) atoms. The first-order chi connectivity index (χ1) is 10.5. The van der Waals surface area contributed by atoms with Gasteiger partial charge in [-0.1, -0.05) is 29.8 Å². The van der Waals surface area contributed by atoms with E-state index >= 15 is 0 Å². The lowest BCUT2D eigenvalue weighted by Crippen LogP contribution is -2.44. The fraction of sp³-hybridized carbons (Fsp3) is 0.312. The number of benzene rings is 1. The van der Waals surface area contributed by atoms with Gasteiger partial charge >= 0.3 is 6.03 Å². The smallest absolute Gasteiger partial charge is 0.315 e. The molecule has 0 unspecified atom stereocenters. The Morgan fingerprint density at radius 3 is 2.77 bits per heavy atom. The summed E-state index contributed by atoms with van der Waals surface area (Å²) < 4.78 is 5.58. The summed E-state index contributed by atoms with van der Waals surface area (Å²) in [5.74, 6) is 0. The minimum atomic E-state index is -0.634. The average molecular weight is 339 g/mol. The van der Waals surface area contributed by atoms with Crippen molar-refractivity contribution in [3.05, 3.63) is 57.2 Å². The lowest BCUT2D eigenvalue weighted by atomic mass is 9.96. The molecule has 6 heteroatoms. The number of thiophene rings is 1. The summed E-state index contributed by atoms with van der Waals surface area (Å²) in [4.78, 5) is 13.0. The number of nitrogens with one attached hydrogen (secondary N) is 2. The molecule has 2 amide bonds. The van der Waals surface area contributed by atoms with Crippen LogP contribution in [0.15, 0.2) is 41.8 Å². The van der Waals surface area contributed by atoms with E-state index in [9.17, 15) is 4.79 Å². The molecule has 1 aromatic carbocycles. The molecule has 2 aromatic rings. The van der Waals surface area contributed by atoms with Crippen molar-refractivity contribution >= 4 is 29.0 Å². The van der Waals surface area contributed by atoms with Crippen molar-refractivity contribution in [2.24, 2.45) is 0 Å². The van der Waals surface area contributed by atoms with E-state index in [-0.39, 0.29) is 6.03 Å². The Kier molecular flexibility index (Phi) is 5.83. The first kappa shape index (κ1) is 16.8. The number of urea groups is 1. The van der Waals surface area contributed by atoms with E-state index in [0.717, 1.165) is 10.4 Å². The van der Waals surface area contributed by atoms with Crippen LogP contribution < -0.4 is 10.6 Å². The van der Waals surface area contributed by atoms with E-state index < -0.39 is 5.60 Å². The molecule has 0 radical (unpaired) electrons. The minimum absolute atomic E-state index is 0.223. The third-order valence-electron chi connectivity index (χ3n) is 3.48. The summed E-state index contributed by atoms with van der Waals surface area (Å²) in [7, 11) is 1.62. The summed E-state index contributed by atoms with van der Waals surface area (Å²) in [5, 5.41) is 8.29. The lowest BCUT2D eigenvalue weighted by molar-refractivity contribution is 0.00488. The first-order valence-electron chi connectivity index (χ1n) is 6.89. The second-order valence-corrected chi connectivity index (χ2v) is 6.53. The van der Waals surface area contributed by atoms with Crippen molar-refractivity contribution in [3.8, 4) is 0 Å². The monoisotopic (exact) mass is 338 g/mol. The molecule has 0 saturated carbocycles. The summed E-state index contributed by atoms with van der Waals surface area (Å²) >= 11 is 7.63. The van der Waals surface area contributed by atoms with Crippen LogP contribution in [0.3, 0.4) is 0 Å². The van der Waals surface area contributed by atoms with Crippen LogP contribution in [0.1, 0.15) is 17.4 Å². The predicted octanol–water partition coefficient (Wildman–Crippen LogP) is 3.76. The number of carbonyl (C=O) groups is 1. The largest absolute Gasteiger partial charge is 0.372 e. The third-order valence-corrected chi connectivity index (χ3v) is 4.59. The second-order valence-electron chi connectivity index (χ2n) is 5.06. The van der Waals surface area contributed by atoms with Crippen LogP contribution in [0.5, 0.6) is 0 Å². The minimum Gasteiger partial charge on any atom is -0.372 e. The topological polar surface area (TPSA) is 50.4 Å². The molecule has 118 valence electrons. The molecule has 2 rings (SSSR count). The predicted molar refractivity (Wildman–Crippen MR) is 90.4 cm³/mol. The Labute approximate surface area is 139 Å². The van der Waals surface area contributed by atoms with E-state index in [4.69, 9.17) is 16.3 Å². The van der Waals surface area contributed by atoms with E-state index in [1.807, 2.05) is 48.7 Å².